The Morgan fingerprint density at radius 1 is 1.16 bits per heavy atom. The lowest BCUT2D eigenvalue weighted by Crippen LogP contribution is -2.40. The van der Waals surface area contributed by atoms with Crippen LogP contribution in [-0.4, -0.2) is 39.0 Å². The quantitative estimate of drug-likeness (QED) is 0.792. The van der Waals surface area contributed by atoms with Crippen molar-refractivity contribution in [3.8, 4) is 0 Å². The molecule has 1 aliphatic heterocycles. The van der Waals surface area contributed by atoms with Gasteiger partial charge in [-0.25, -0.2) is 8.42 Å². The van der Waals surface area contributed by atoms with Crippen molar-refractivity contribution in [1.29, 1.82) is 0 Å². The molecule has 2 rings (SSSR count). The maximum absolute atomic E-state index is 12.5. The van der Waals surface area contributed by atoms with E-state index in [0.29, 0.717) is 36.9 Å². The molecule has 1 heterocycles. The zero-order chi connectivity index (χ0) is 14.0. The standard InChI is InChI=1S/C11H12Cl3NO3S/c12-7-8-5-11(10(14)6-9(8)13)19(16,17)15-1-3-18-4-2-15/h5-6H,1-4,7H2. The van der Waals surface area contributed by atoms with Crippen LogP contribution < -0.4 is 0 Å². The maximum Gasteiger partial charge on any atom is 0.244 e. The van der Waals surface area contributed by atoms with Crippen molar-refractivity contribution < 1.29 is 13.2 Å². The second kappa shape index (κ2) is 6.16. The predicted molar refractivity (Wildman–Crippen MR) is 75.6 cm³/mol. The van der Waals surface area contributed by atoms with E-state index in [2.05, 4.69) is 0 Å². The summed E-state index contributed by atoms with van der Waals surface area (Å²) in [5.41, 5.74) is 0.541. The monoisotopic (exact) mass is 343 g/mol. The Bertz CT molecular complexity index is 571. The molecule has 1 aromatic rings. The number of nitrogens with zero attached hydrogens (tertiary/aromatic N) is 1. The average molecular weight is 345 g/mol. The van der Waals surface area contributed by atoms with E-state index >= 15 is 0 Å². The Morgan fingerprint density at radius 2 is 1.79 bits per heavy atom. The molecule has 0 amide bonds. The van der Waals surface area contributed by atoms with Gasteiger partial charge in [-0.05, 0) is 17.7 Å². The largest absolute Gasteiger partial charge is 0.379 e. The van der Waals surface area contributed by atoms with E-state index in [1.807, 2.05) is 0 Å². The summed E-state index contributed by atoms with van der Waals surface area (Å²) in [6.07, 6.45) is 0. The second-order valence-corrected chi connectivity index (χ2v) is 7.01. The van der Waals surface area contributed by atoms with Crippen LogP contribution >= 0.6 is 34.8 Å². The van der Waals surface area contributed by atoms with Crippen LogP contribution in [0.1, 0.15) is 5.56 Å². The summed E-state index contributed by atoms with van der Waals surface area (Å²) in [6.45, 7) is 1.40. The van der Waals surface area contributed by atoms with E-state index in [1.54, 1.807) is 0 Å². The first-order valence-corrected chi connectivity index (χ1v) is 8.31. The summed E-state index contributed by atoms with van der Waals surface area (Å²) < 4.78 is 31.5. The van der Waals surface area contributed by atoms with E-state index in [1.165, 1.54) is 16.4 Å². The number of hydrogen-bond acceptors (Lipinski definition) is 3. The predicted octanol–water partition coefficient (Wildman–Crippen LogP) is 2.75. The van der Waals surface area contributed by atoms with Crippen molar-refractivity contribution in [1.82, 2.24) is 4.31 Å². The lowest BCUT2D eigenvalue weighted by molar-refractivity contribution is 0.0730. The molecular formula is C11H12Cl3NO3S. The van der Waals surface area contributed by atoms with Crippen LogP contribution in [0.15, 0.2) is 17.0 Å². The number of ether oxygens (including phenoxy) is 1. The van der Waals surface area contributed by atoms with Crippen LogP contribution in [0, 0.1) is 0 Å². The van der Waals surface area contributed by atoms with E-state index in [4.69, 9.17) is 39.5 Å². The molecule has 1 aliphatic rings. The van der Waals surface area contributed by atoms with Gasteiger partial charge in [-0.3, -0.25) is 0 Å². The van der Waals surface area contributed by atoms with Crippen LogP contribution in [0.3, 0.4) is 0 Å². The molecule has 1 fully saturated rings. The maximum atomic E-state index is 12.5. The minimum absolute atomic E-state index is 0.0381. The third-order valence-corrected chi connectivity index (χ3v) is 5.84. The Morgan fingerprint density at radius 3 is 2.37 bits per heavy atom. The van der Waals surface area contributed by atoms with Crippen molar-refractivity contribution in [2.75, 3.05) is 26.3 Å². The van der Waals surface area contributed by atoms with Crippen molar-refractivity contribution in [2.45, 2.75) is 10.8 Å². The number of hydrogen-bond donors (Lipinski definition) is 0. The minimum atomic E-state index is -3.64. The van der Waals surface area contributed by atoms with E-state index < -0.39 is 10.0 Å². The summed E-state index contributed by atoms with van der Waals surface area (Å²) in [5.74, 6) is 0.127. The fourth-order valence-electron chi connectivity index (χ4n) is 1.80. The molecule has 0 aromatic heterocycles. The highest BCUT2D eigenvalue weighted by Gasteiger charge is 2.29. The van der Waals surface area contributed by atoms with Crippen LogP contribution in [0.5, 0.6) is 0 Å². The molecule has 4 nitrogen and oxygen atoms in total. The highest BCUT2D eigenvalue weighted by molar-refractivity contribution is 7.89. The van der Waals surface area contributed by atoms with Crippen LogP contribution in [0.4, 0.5) is 0 Å². The Hall–Kier alpha value is -0.0400. The van der Waals surface area contributed by atoms with Gasteiger partial charge in [0.05, 0.1) is 18.2 Å². The molecule has 0 atom stereocenters. The molecule has 0 aliphatic carbocycles. The first-order valence-electron chi connectivity index (χ1n) is 5.58. The molecule has 0 spiro atoms. The molecule has 19 heavy (non-hydrogen) atoms. The van der Waals surface area contributed by atoms with Gasteiger partial charge < -0.3 is 4.74 Å². The van der Waals surface area contributed by atoms with Crippen LogP contribution in [0.25, 0.3) is 0 Å². The van der Waals surface area contributed by atoms with Gasteiger partial charge in [-0.15, -0.1) is 11.6 Å². The zero-order valence-corrected chi connectivity index (χ0v) is 13.0. The smallest absolute Gasteiger partial charge is 0.244 e. The van der Waals surface area contributed by atoms with Crippen molar-refractivity contribution >= 4 is 44.8 Å². The van der Waals surface area contributed by atoms with Crippen molar-refractivity contribution in [2.24, 2.45) is 0 Å². The van der Waals surface area contributed by atoms with Crippen molar-refractivity contribution in [3.63, 3.8) is 0 Å². The molecule has 1 saturated heterocycles. The van der Waals surface area contributed by atoms with Gasteiger partial charge in [-0.1, -0.05) is 23.2 Å². The molecule has 1 aromatic carbocycles. The molecule has 106 valence electrons. The number of alkyl halides is 1. The van der Waals surface area contributed by atoms with Gasteiger partial charge in [0.1, 0.15) is 4.90 Å². The molecule has 0 N–H and O–H groups in total. The Balaban J connectivity index is 2.44. The summed E-state index contributed by atoms with van der Waals surface area (Å²) in [7, 11) is -3.64. The molecule has 8 heteroatoms. The molecule has 0 bridgehead atoms. The van der Waals surface area contributed by atoms with Gasteiger partial charge in [0.2, 0.25) is 10.0 Å². The lowest BCUT2D eigenvalue weighted by Gasteiger charge is -2.26. The number of morpholine rings is 1. The van der Waals surface area contributed by atoms with E-state index in [-0.39, 0.29) is 15.8 Å². The SMILES string of the molecule is O=S(=O)(c1cc(CCl)c(Cl)cc1Cl)N1CCOCC1. The normalized spacial score (nSPS) is 17.6. The first-order chi connectivity index (χ1) is 8.96. The Kier molecular flexibility index (Phi) is 4.98. The number of rotatable bonds is 3. The van der Waals surface area contributed by atoms with Crippen LogP contribution in [-0.2, 0) is 20.6 Å². The van der Waals surface area contributed by atoms with Gasteiger partial charge in [0, 0.05) is 24.0 Å². The number of sulfonamides is 1. The fraction of sp³-hybridized carbons (Fsp3) is 0.455. The third-order valence-electron chi connectivity index (χ3n) is 2.83. The van der Waals surface area contributed by atoms with Gasteiger partial charge >= 0.3 is 0 Å². The highest BCUT2D eigenvalue weighted by atomic mass is 35.5. The minimum Gasteiger partial charge on any atom is -0.379 e. The highest BCUT2D eigenvalue weighted by Crippen LogP contribution is 2.31. The van der Waals surface area contributed by atoms with Gasteiger partial charge in [0.25, 0.3) is 0 Å². The topological polar surface area (TPSA) is 46.6 Å². The van der Waals surface area contributed by atoms with Gasteiger partial charge in [0.15, 0.2) is 0 Å². The van der Waals surface area contributed by atoms with Crippen molar-refractivity contribution in [3.05, 3.63) is 27.7 Å². The average Bonchev–Trinajstić information content (AvgIpc) is 2.39. The first kappa shape index (κ1) is 15.4. The lowest BCUT2D eigenvalue weighted by atomic mass is 10.2. The summed E-state index contributed by atoms with van der Waals surface area (Å²) >= 11 is 17.7. The summed E-state index contributed by atoms with van der Waals surface area (Å²) in [4.78, 5) is 0.0381. The summed E-state index contributed by atoms with van der Waals surface area (Å²) in [6, 6.07) is 2.84. The second-order valence-electron chi connectivity index (χ2n) is 4.02. The molecule has 0 saturated carbocycles. The third kappa shape index (κ3) is 3.17. The molecular weight excluding hydrogens is 333 g/mol. The van der Waals surface area contributed by atoms with E-state index in [0.717, 1.165) is 0 Å². The van der Waals surface area contributed by atoms with Crippen LogP contribution in [0.2, 0.25) is 10.0 Å². The molecule has 0 radical (unpaired) electrons. The number of benzene rings is 1. The van der Waals surface area contributed by atoms with Gasteiger partial charge in [-0.2, -0.15) is 4.31 Å². The molecule has 0 unspecified atom stereocenters. The fourth-order valence-corrected chi connectivity index (χ4v) is 4.33. The number of halogens is 3. The Labute approximate surface area is 127 Å². The zero-order valence-electron chi connectivity index (χ0n) is 9.90. The summed E-state index contributed by atoms with van der Waals surface area (Å²) in [5, 5.41) is 0.464. The van der Waals surface area contributed by atoms with E-state index in [9.17, 15) is 8.42 Å².